The molecule has 0 aliphatic rings. The summed E-state index contributed by atoms with van der Waals surface area (Å²) in [5, 5.41) is 16.2. The van der Waals surface area contributed by atoms with Gasteiger partial charge in [-0.25, -0.2) is 14.6 Å². The molecule has 0 saturated carbocycles. The molecule has 0 bridgehead atoms. The van der Waals surface area contributed by atoms with E-state index in [1.165, 1.54) is 20.1 Å². The van der Waals surface area contributed by atoms with E-state index in [4.69, 9.17) is 9.84 Å². The first-order chi connectivity index (χ1) is 12.6. The molecule has 0 spiro atoms. The van der Waals surface area contributed by atoms with Crippen molar-refractivity contribution in [2.75, 3.05) is 53.2 Å². The number of aliphatic hydroxyl groups excluding tert-OH is 1. The molecule has 10 heteroatoms. The zero-order valence-corrected chi connectivity index (χ0v) is 15.7. The van der Waals surface area contributed by atoms with Gasteiger partial charge in [0, 0.05) is 27.1 Å². The van der Waals surface area contributed by atoms with Crippen LogP contribution in [0.15, 0.2) is 4.99 Å². The largest absolute Gasteiger partial charge is 0.447 e. The number of ether oxygens (including phenoxy) is 2. The maximum Gasteiger partial charge on any atom is 0.407 e. The van der Waals surface area contributed by atoms with Crippen molar-refractivity contribution in [3.63, 3.8) is 0 Å². The van der Waals surface area contributed by atoms with Crippen LogP contribution < -0.4 is 16.0 Å². The number of carbonyl (C=O) groups excluding carboxylic acids is 3. The summed E-state index contributed by atoms with van der Waals surface area (Å²) in [6, 6.07) is 0. The Labute approximate surface area is 154 Å². The van der Waals surface area contributed by atoms with Gasteiger partial charge in [-0.05, 0) is 19.4 Å². The van der Waals surface area contributed by atoms with Gasteiger partial charge < -0.3 is 25.2 Å². The molecule has 26 heavy (non-hydrogen) atoms. The lowest BCUT2D eigenvalue weighted by atomic mass is 10.2. The fourth-order valence-electron chi connectivity index (χ4n) is 1.59. The predicted molar refractivity (Wildman–Crippen MR) is 96.5 cm³/mol. The number of rotatable bonds is 14. The highest BCUT2D eigenvalue weighted by Crippen LogP contribution is 1.98. The number of hydrogen-bond donors (Lipinski definition) is 4. The minimum Gasteiger partial charge on any atom is -0.447 e. The molecule has 152 valence electrons. The van der Waals surface area contributed by atoms with E-state index in [1.54, 1.807) is 0 Å². The van der Waals surface area contributed by atoms with Gasteiger partial charge >= 0.3 is 6.09 Å². The second-order valence-electron chi connectivity index (χ2n) is 5.08. The first-order valence-electron chi connectivity index (χ1n) is 8.57. The quantitative estimate of drug-likeness (QED) is 0.144. The smallest absolute Gasteiger partial charge is 0.407 e. The molecular formula is C16H32N4O6. The van der Waals surface area contributed by atoms with Gasteiger partial charge in [0.15, 0.2) is 0 Å². The van der Waals surface area contributed by atoms with Gasteiger partial charge in [0.25, 0.3) is 0 Å². The molecule has 0 fully saturated rings. The van der Waals surface area contributed by atoms with Crippen molar-refractivity contribution in [1.82, 2.24) is 16.0 Å². The van der Waals surface area contributed by atoms with Crippen LogP contribution in [0.3, 0.4) is 0 Å². The summed E-state index contributed by atoms with van der Waals surface area (Å²) in [5.41, 5.74) is 0. The van der Waals surface area contributed by atoms with E-state index in [2.05, 4.69) is 25.7 Å². The van der Waals surface area contributed by atoms with Crippen molar-refractivity contribution in [1.29, 1.82) is 0 Å². The zero-order valence-electron chi connectivity index (χ0n) is 15.7. The normalized spacial score (nSPS) is 9.35. The van der Waals surface area contributed by atoms with E-state index in [0.717, 1.165) is 32.2 Å². The minimum absolute atomic E-state index is 0.0510. The molecule has 10 nitrogen and oxygen atoms in total. The standard InChI is InChI=1S/C8H16N2O4.C8H16N2O2/c1-7(11)9-3-4-10-8(12)14-6-5-13-2;11-7-9-5-3-1-2-4-6-10-8-12/h3-6H2,1-2H3,(H,9,11)(H,10,12);9,11H,1-7H2. The number of nitrogens with zero attached hydrogens (tertiary/aromatic N) is 1. The van der Waals surface area contributed by atoms with Gasteiger partial charge in [-0.3, -0.25) is 10.1 Å². The van der Waals surface area contributed by atoms with Gasteiger partial charge in [-0.15, -0.1) is 0 Å². The fraction of sp³-hybridized carbons (Fsp3) is 0.812. The summed E-state index contributed by atoms with van der Waals surface area (Å²) in [6.45, 7) is 4.26. The fourth-order valence-corrected chi connectivity index (χ4v) is 1.59. The number of alkyl carbamates (subject to hydrolysis) is 1. The first kappa shape index (κ1) is 26.2. The molecule has 0 atom stereocenters. The highest BCUT2D eigenvalue weighted by Gasteiger charge is 1.99. The van der Waals surface area contributed by atoms with E-state index >= 15 is 0 Å². The van der Waals surface area contributed by atoms with Crippen LogP contribution in [-0.2, 0) is 19.1 Å². The van der Waals surface area contributed by atoms with Crippen LogP contribution in [0.4, 0.5) is 4.79 Å². The summed E-state index contributed by atoms with van der Waals surface area (Å²) in [6.07, 6.45) is 5.21. The highest BCUT2D eigenvalue weighted by molar-refractivity contribution is 5.73. The molecule has 0 saturated heterocycles. The molecule has 0 radical (unpaired) electrons. The SMILES string of the molecule is COCCOC(=O)NCCNC(C)=O.O=C=NCCCCCCNCO. The van der Waals surface area contributed by atoms with Crippen molar-refractivity contribution < 1.29 is 29.0 Å². The highest BCUT2D eigenvalue weighted by atomic mass is 16.6. The maximum atomic E-state index is 10.9. The number of methoxy groups -OCH3 is 1. The summed E-state index contributed by atoms with van der Waals surface area (Å²) >= 11 is 0. The van der Waals surface area contributed by atoms with Crippen LogP contribution in [0.5, 0.6) is 0 Å². The molecule has 0 unspecified atom stereocenters. The number of hydrogen-bond acceptors (Lipinski definition) is 8. The van der Waals surface area contributed by atoms with Crippen LogP contribution >= 0.6 is 0 Å². The Morgan fingerprint density at radius 3 is 2.35 bits per heavy atom. The number of amides is 2. The zero-order chi connectivity index (χ0) is 19.9. The molecule has 0 aromatic rings. The first-order valence-corrected chi connectivity index (χ1v) is 8.57. The average molecular weight is 376 g/mol. The van der Waals surface area contributed by atoms with Gasteiger partial charge in [0.05, 0.1) is 19.9 Å². The van der Waals surface area contributed by atoms with Crippen LogP contribution in [0.25, 0.3) is 0 Å². The van der Waals surface area contributed by atoms with E-state index in [0.29, 0.717) is 26.2 Å². The molecule has 0 aliphatic carbocycles. The van der Waals surface area contributed by atoms with E-state index < -0.39 is 6.09 Å². The Kier molecular flexibility index (Phi) is 23.2. The maximum absolute atomic E-state index is 10.9. The lowest BCUT2D eigenvalue weighted by molar-refractivity contribution is -0.118. The summed E-state index contributed by atoms with van der Waals surface area (Å²) < 4.78 is 9.39. The van der Waals surface area contributed by atoms with E-state index in [9.17, 15) is 14.4 Å². The molecule has 0 aliphatic heterocycles. The van der Waals surface area contributed by atoms with Gasteiger partial charge in [-0.1, -0.05) is 12.8 Å². The molecule has 0 aromatic carbocycles. The van der Waals surface area contributed by atoms with Crippen molar-refractivity contribution in [2.45, 2.75) is 32.6 Å². The number of unbranched alkanes of at least 4 members (excludes halogenated alkanes) is 3. The average Bonchev–Trinajstić information content (AvgIpc) is 2.62. The second kappa shape index (κ2) is 23.0. The minimum atomic E-state index is -0.507. The van der Waals surface area contributed by atoms with Crippen LogP contribution in [0, 0.1) is 0 Å². The molecule has 2 amide bonds. The molecule has 0 heterocycles. The van der Waals surface area contributed by atoms with E-state index in [1.807, 2.05) is 0 Å². The van der Waals surface area contributed by atoms with Gasteiger partial charge in [0.2, 0.25) is 12.0 Å². The lowest BCUT2D eigenvalue weighted by Crippen LogP contribution is -2.34. The van der Waals surface area contributed by atoms with Crippen LogP contribution in [0.1, 0.15) is 32.6 Å². The van der Waals surface area contributed by atoms with Gasteiger partial charge in [0.1, 0.15) is 6.61 Å². The third kappa shape index (κ3) is 26.9. The number of isocyanates is 1. The monoisotopic (exact) mass is 376 g/mol. The number of aliphatic hydroxyl groups is 1. The van der Waals surface area contributed by atoms with Crippen LogP contribution in [-0.4, -0.2) is 76.4 Å². The van der Waals surface area contributed by atoms with E-state index in [-0.39, 0.29) is 19.2 Å². The Hall–Kier alpha value is -2.00. The topological polar surface area (TPSA) is 138 Å². The molecule has 0 rings (SSSR count). The number of aliphatic imine (C=N–C) groups is 1. The predicted octanol–water partition coefficient (Wildman–Crippen LogP) is -0.0829. The third-order valence-electron chi connectivity index (χ3n) is 2.84. The Morgan fingerprint density at radius 2 is 1.73 bits per heavy atom. The molecular weight excluding hydrogens is 344 g/mol. The lowest BCUT2D eigenvalue weighted by Gasteiger charge is -2.06. The summed E-state index contributed by atoms with van der Waals surface area (Å²) in [5.74, 6) is -0.125. The van der Waals surface area contributed by atoms with Crippen LogP contribution in [0.2, 0.25) is 0 Å². The summed E-state index contributed by atoms with van der Waals surface area (Å²) in [4.78, 5) is 34.4. The number of carbonyl (C=O) groups is 2. The number of nitrogens with one attached hydrogen (secondary N) is 3. The third-order valence-corrected chi connectivity index (χ3v) is 2.84. The second-order valence-corrected chi connectivity index (χ2v) is 5.08. The molecule has 0 aromatic heterocycles. The van der Waals surface area contributed by atoms with Crippen molar-refractivity contribution in [2.24, 2.45) is 4.99 Å². The summed E-state index contributed by atoms with van der Waals surface area (Å²) in [7, 11) is 1.53. The Bertz CT molecular complexity index is 389. The Morgan fingerprint density at radius 1 is 1.04 bits per heavy atom. The Balaban J connectivity index is 0. The van der Waals surface area contributed by atoms with Crippen molar-refractivity contribution in [3.8, 4) is 0 Å². The van der Waals surface area contributed by atoms with Crippen molar-refractivity contribution in [3.05, 3.63) is 0 Å². The molecule has 4 N–H and O–H groups in total. The van der Waals surface area contributed by atoms with Crippen molar-refractivity contribution >= 4 is 18.1 Å². The van der Waals surface area contributed by atoms with Gasteiger partial charge in [-0.2, -0.15) is 0 Å².